The van der Waals surface area contributed by atoms with Crippen molar-refractivity contribution < 1.29 is 20.1 Å². The Morgan fingerprint density at radius 2 is 2.30 bits per heavy atom. The molecule has 0 amide bonds. The normalized spacial score (nSPS) is 30.8. The molecule has 1 aliphatic heterocycles. The third-order valence-electron chi connectivity index (χ3n) is 3.64. The predicted molar refractivity (Wildman–Crippen MR) is 65.6 cm³/mol. The van der Waals surface area contributed by atoms with E-state index in [1.54, 1.807) is 0 Å². The van der Waals surface area contributed by atoms with Crippen LogP contribution >= 0.6 is 0 Å². The number of imidazole rings is 1. The minimum atomic E-state index is -1.43. The Morgan fingerprint density at radius 1 is 1.50 bits per heavy atom. The fraction of sp³-hybridized carbons (Fsp3) is 0.545. The minimum Gasteiger partial charge on any atom is -0.395 e. The molecule has 2 aromatic rings. The van der Waals surface area contributed by atoms with Gasteiger partial charge in [-0.05, 0) is 12.8 Å². The van der Waals surface area contributed by atoms with Crippen LogP contribution in [-0.2, 0) is 10.2 Å². The van der Waals surface area contributed by atoms with Gasteiger partial charge in [-0.3, -0.25) is 4.79 Å². The van der Waals surface area contributed by atoms with Gasteiger partial charge in [0.2, 0.25) is 0 Å². The highest BCUT2D eigenvalue weighted by Crippen LogP contribution is 2.37. The molecule has 0 radical (unpaired) electrons. The summed E-state index contributed by atoms with van der Waals surface area (Å²) in [6.07, 6.45) is -0.813. The average molecular weight is 282 g/mol. The number of hydrogen-bond acceptors (Lipinski definition) is 7. The van der Waals surface area contributed by atoms with Crippen molar-refractivity contribution in [2.24, 2.45) is 0 Å². The molecule has 9 heteroatoms. The molecule has 0 aliphatic carbocycles. The maximum atomic E-state index is 11.6. The first-order chi connectivity index (χ1) is 9.56. The van der Waals surface area contributed by atoms with Gasteiger partial charge in [-0.25, -0.2) is 9.97 Å². The summed E-state index contributed by atoms with van der Waals surface area (Å²) >= 11 is 0. The summed E-state index contributed by atoms with van der Waals surface area (Å²) in [5, 5.41) is 29.1. The van der Waals surface area contributed by atoms with Crippen LogP contribution in [0.15, 0.2) is 11.1 Å². The van der Waals surface area contributed by atoms with E-state index >= 15 is 0 Å². The molecular weight excluding hydrogens is 268 g/mol. The fourth-order valence-corrected chi connectivity index (χ4v) is 2.39. The number of nitrogens with one attached hydrogen (secondary N) is 2. The Balaban J connectivity index is 2.11. The number of aromatic amines is 2. The minimum absolute atomic E-state index is 0.161. The number of fused-ring (bicyclic) bond motifs is 1. The third kappa shape index (κ3) is 1.83. The van der Waals surface area contributed by atoms with Crippen LogP contribution in [0.4, 0.5) is 0 Å². The van der Waals surface area contributed by atoms with Gasteiger partial charge in [-0.15, -0.1) is 0 Å². The van der Waals surface area contributed by atoms with Crippen molar-refractivity contribution in [3.05, 3.63) is 22.5 Å². The molecule has 0 saturated carbocycles. The molecule has 1 fully saturated rings. The zero-order valence-electron chi connectivity index (χ0n) is 10.4. The predicted octanol–water partition coefficient (Wildman–Crippen LogP) is -1.68. The van der Waals surface area contributed by atoms with Crippen LogP contribution in [0.3, 0.4) is 0 Å². The second-order valence-corrected chi connectivity index (χ2v) is 4.81. The van der Waals surface area contributed by atoms with E-state index in [0.717, 1.165) is 0 Å². The summed E-state index contributed by atoms with van der Waals surface area (Å²) in [5.41, 5.74) is -1.26. The summed E-state index contributed by atoms with van der Waals surface area (Å²) in [5.74, 6) is 0.207. The second kappa shape index (κ2) is 4.63. The van der Waals surface area contributed by atoms with Gasteiger partial charge in [0, 0.05) is 0 Å². The van der Waals surface area contributed by atoms with Crippen molar-refractivity contribution in [1.82, 2.24) is 19.9 Å². The molecule has 0 bridgehead atoms. The Hall–Kier alpha value is -1.81. The van der Waals surface area contributed by atoms with Crippen molar-refractivity contribution in [1.29, 1.82) is 0 Å². The Morgan fingerprint density at radius 3 is 2.95 bits per heavy atom. The molecule has 2 aromatic heterocycles. The molecule has 9 nitrogen and oxygen atoms in total. The molecule has 5 N–H and O–H groups in total. The van der Waals surface area contributed by atoms with E-state index in [1.807, 2.05) is 0 Å². The van der Waals surface area contributed by atoms with Gasteiger partial charge in [-0.2, -0.15) is 0 Å². The number of hydrogen-bond donors (Lipinski definition) is 5. The molecule has 20 heavy (non-hydrogen) atoms. The van der Waals surface area contributed by atoms with Crippen molar-refractivity contribution in [3.63, 3.8) is 0 Å². The van der Waals surface area contributed by atoms with E-state index in [2.05, 4.69) is 19.9 Å². The van der Waals surface area contributed by atoms with Crippen LogP contribution in [0, 0.1) is 0 Å². The molecule has 3 heterocycles. The number of nitrogens with zero attached hydrogens (tertiary/aromatic N) is 2. The quantitative estimate of drug-likeness (QED) is 0.442. The van der Waals surface area contributed by atoms with Crippen molar-refractivity contribution in [2.45, 2.75) is 30.8 Å². The molecule has 108 valence electrons. The topological polar surface area (TPSA) is 144 Å². The van der Waals surface area contributed by atoms with Gasteiger partial charge in [0.25, 0.3) is 5.56 Å². The van der Waals surface area contributed by atoms with Crippen molar-refractivity contribution in [3.8, 4) is 0 Å². The molecule has 3 unspecified atom stereocenters. The summed E-state index contributed by atoms with van der Waals surface area (Å²) in [6.45, 7) is -0.446. The lowest BCUT2D eigenvalue weighted by Gasteiger charge is -2.39. The highest BCUT2D eigenvalue weighted by molar-refractivity contribution is 5.69. The zero-order chi connectivity index (χ0) is 14.3. The van der Waals surface area contributed by atoms with Gasteiger partial charge in [0.1, 0.15) is 11.2 Å². The second-order valence-electron chi connectivity index (χ2n) is 4.81. The van der Waals surface area contributed by atoms with Gasteiger partial charge < -0.3 is 30.0 Å². The number of aromatic nitrogens is 4. The maximum absolute atomic E-state index is 11.6. The van der Waals surface area contributed by atoms with Gasteiger partial charge in [0.15, 0.2) is 23.7 Å². The number of ether oxygens (including phenoxy) is 1. The average Bonchev–Trinajstić information content (AvgIpc) is 2.85. The van der Waals surface area contributed by atoms with Crippen LogP contribution in [0.2, 0.25) is 0 Å². The van der Waals surface area contributed by atoms with Crippen LogP contribution in [0.25, 0.3) is 11.2 Å². The van der Waals surface area contributed by atoms with E-state index in [1.165, 1.54) is 6.33 Å². The lowest BCUT2D eigenvalue weighted by atomic mass is 9.80. The molecule has 1 saturated heterocycles. The van der Waals surface area contributed by atoms with Crippen LogP contribution in [0.1, 0.15) is 18.7 Å². The summed E-state index contributed by atoms with van der Waals surface area (Å²) in [4.78, 5) is 24.9. The molecular formula is C11H14N4O5. The van der Waals surface area contributed by atoms with Crippen LogP contribution < -0.4 is 5.56 Å². The molecule has 3 atom stereocenters. The summed E-state index contributed by atoms with van der Waals surface area (Å²) < 4.78 is 4.96. The van der Waals surface area contributed by atoms with Gasteiger partial charge in [0.05, 0.1) is 12.9 Å². The number of rotatable bonds is 2. The number of aliphatic hydroxyl groups excluding tert-OH is 3. The highest BCUT2D eigenvalue weighted by atomic mass is 16.7. The van der Waals surface area contributed by atoms with E-state index in [-0.39, 0.29) is 29.8 Å². The molecule has 3 rings (SSSR count). The number of H-pyrrole nitrogens is 2. The summed E-state index contributed by atoms with van der Waals surface area (Å²) in [7, 11) is 0. The zero-order valence-corrected chi connectivity index (χ0v) is 10.4. The van der Waals surface area contributed by atoms with Crippen molar-refractivity contribution in [2.75, 3.05) is 6.61 Å². The first-order valence-electron chi connectivity index (χ1n) is 6.13. The Bertz CT molecular complexity index is 683. The van der Waals surface area contributed by atoms with Crippen LogP contribution in [-0.4, -0.2) is 54.4 Å². The van der Waals surface area contributed by atoms with E-state index < -0.39 is 30.2 Å². The lowest BCUT2D eigenvalue weighted by molar-refractivity contribution is -0.269. The molecule has 0 aromatic carbocycles. The standard InChI is InChI=1S/C11H14N4O5/c16-3-11(2-1-5(17)20-10(11)19)9-14-6-7(15-9)12-4-13-8(6)18/h4-5,10,16-17,19H,1-3H2,(H2,12,13,14,15,18). The largest absolute Gasteiger partial charge is 0.395 e. The monoisotopic (exact) mass is 282 g/mol. The fourth-order valence-electron chi connectivity index (χ4n) is 2.39. The smallest absolute Gasteiger partial charge is 0.276 e. The molecule has 0 spiro atoms. The van der Waals surface area contributed by atoms with Gasteiger partial charge >= 0.3 is 0 Å². The van der Waals surface area contributed by atoms with E-state index in [0.29, 0.717) is 0 Å². The maximum Gasteiger partial charge on any atom is 0.276 e. The van der Waals surface area contributed by atoms with E-state index in [4.69, 9.17) is 4.74 Å². The first-order valence-corrected chi connectivity index (χ1v) is 6.13. The van der Waals surface area contributed by atoms with E-state index in [9.17, 15) is 20.1 Å². The third-order valence-corrected chi connectivity index (χ3v) is 3.64. The Kier molecular flexibility index (Phi) is 3.05. The first kappa shape index (κ1) is 13.2. The van der Waals surface area contributed by atoms with Crippen molar-refractivity contribution >= 4 is 11.2 Å². The van der Waals surface area contributed by atoms with Crippen LogP contribution in [0.5, 0.6) is 0 Å². The lowest BCUT2D eigenvalue weighted by Crippen LogP contribution is -2.51. The van der Waals surface area contributed by atoms with Gasteiger partial charge in [-0.1, -0.05) is 0 Å². The highest BCUT2D eigenvalue weighted by Gasteiger charge is 2.47. The number of aliphatic hydroxyl groups is 3. The Labute approximate surface area is 112 Å². The SMILES string of the molecule is O=c1[nH]cnc2nc(C3(CO)CCC(O)OC3O)[nH]c12. The summed E-state index contributed by atoms with van der Waals surface area (Å²) in [6, 6.07) is 0. The molecule has 1 aliphatic rings.